The lowest BCUT2D eigenvalue weighted by Gasteiger charge is -2.33. The van der Waals surface area contributed by atoms with Crippen LogP contribution < -0.4 is 19.5 Å². The predicted molar refractivity (Wildman–Crippen MR) is 138 cm³/mol. The van der Waals surface area contributed by atoms with Crippen LogP contribution in [0, 0.1) is 5.82 Å². The lowest BCUT2D eigenvalue weighted by Crippen LogP contribution is -2.32. The number of hydrogen-bond acceptors (Lipinski definition) is 6. The van der Waals surface area contributed by atoms with Crippen molar-refractivity contribution in [2.24, 2.45) is 0 Å². The number of rotatable bonds is 7. The Balaban J connectivity index is 1.87. The van der Waals surface area contributed by atoms with E-state index in [9.17, 15) is 9.18 Å². The van der Waals surface area contributed by atoms with E-state index in [1.807, 2.05) is 31.2 Å². The second-order valence-electron chi connectivity index (χ2n) is 9.16. The van der Waals surface area contributed by atoms with Crippen molar-refractivity contribution in [2.45, 2.75) is 32.9 Å². The van der Waals surface area contributed by atoms with Crippen molar-refractivity contribution in [1.82, 2.24) is 0 Å². The second-order valence-corrected chi connectivity index (χ2v) is 9.16. The van der Waals surface area contributed by atoms with Crippen LogP contribution in [0.25, 0.3) is 16.7 Å². The van der Waals surface area contributed by atoms with Gasteiger partial charge in [-0.1, -0.05) is 18.2 Å². The molecule has 1 heterocycles. The van der Waals surface area contributed by atoms with E-state index in [1.165, 1.54) is 18.2 Å². The number of carbonyl (C=O) groups excluding carboxylic acids is 1. The third-order valence-electron chi connectivity index (χ3n) is 6.14. The van der Waals surface area contributed by atoms with Crippen LogP contribution in [0.5, 0.6) is 17.2 Å². The normalized spacial score (nSPS) is 13.7. The molecule has 4 rings (SSSR count). The fourth-order valence-corrected chi connectivity index (χ4v) is 4.75. The number of fused-ring (bicyclic) bond motifs is 1. The average Bonchev–Trinajstić information content (AvgIpc) is 2.85. The largest absolute Gasteiger partial charge is 0.493 e. The maximum atomic E-state index is 13.7. The number of anilines is 1. The Bertz CT molecular complexity index is 1350. The highest BCUT2D eigenvalue weighted by atomic mass is 19.1. The Morgan fingerprint density at radius 1 is 0.944 bits per heavy atom. The first kappa shape index (κ1) is 25.1. The number of hydrogen-bond donors (Lipinski definition) is 1. The summed E-state index contributed by atoms with van der Waals surface area (Å²) in [7, 11) is 4.68. The van der Waals surface area contributed by atoms with E-state index in [2.05, 4.69) is 25.2 Å². The summed E-state index contributed by atoms with van der Waals surface area (Å²) in [6.45, 7) is 6.19. The molecule has 0 radical (unpaired) electrons. The van der Waals surface area contributed by atoms with Gasteiger partial charge >= 0.3 is 5.97 Å². The van der Waals surface area contributed by atoms with Gasteiger partial charge in [-0.15, -0.1) is 0 Å². The zero-order chi connectivity index (χ0) is 26.0. The summed E-state index contributed by atoms with van der Waals surface area (Å²) >= 11 is 0. The van der Waals surface area contributed by atoms with Crippen LogP contribution >= 0.6 is 0 Å². The molecule has 0 saturated heterocycles. The van der Waals surface area contributed by atoms with Crippen LogP contribution in [0.4, 0.5) is 10.1 Å². The van der Waals surface area contributed by atoms with E-state index >= 15 is 0 Å². The van der Waals surface area contributed by atoms with Crippen LogP contribution in [-0.4, -0.2) is 32.8 Å². The Hall–Kier alpha value is -4.00. The molecule has 0 unspecified atom stereocenters. The first-order chi connectivity index (χ1) is 17.2. The van der Waals surface area contributed by atoms with Gasteiger partial charge in [0.2, 0.25) is 5.75 Å². The Morgan fingerprint density at radius 2 is 1.67 bits per heavy atom. The van der Waals surface area contributed by atoms with Crippen LogP contribution in [-0.2, 0) is 11.3 Å². The van der Waals surface area contributed by atoms with E-state index in [1.54, 1.807) is 21.3 Å². The molecule has 6 nitrogen and oxygen atoms in total. The van der Waals surface area contributed by atoms with Crippen LogP contribution in [0.15, 0.2) is 54.6 Å². The summed E-state index contributed by atoms with van der Waals surface area (Å²) in [6, 6.07) is 13.1. The van der Waals surface area contributed by atoms with Crippen molar-refractivity contribution >= 4 is 17.2 Å². The van der Waals surface area contributed by atoms with Crippen molar-refractivity contribution in [3.05, 3.63) is 77.1 Å². The molecule has 0 atom stereocenters. The van der Waals surface area contributed by atoms with Crippen molar-refractivity contribution in [2.75, 3.05) is 26.6 Å². The number of nitrogens with one attached hydrogen (secondary N) is 1. The molecule has 0 amide bonds. The third-order valence-corrected chi connectivity index (χ3v) is 6.14. The van der Waals surface area contributed by atoms with Crippen LogP contribution in [0.2, 0.25) is 0 Å². The van der Waals surface area contributed by atoms with Crippen LogP contribution in [0.1, 0.15) is 42.3 Å². The molecule has 188 valence electrons. The molecule has 0 fully saturated rings. The molecule has 7 heteroatoms. The molecular weight excluding hydrogens is 461 g/mol. The van der Waals surface area contributed by atoms with Gasteiger partial charge in [0, 0.05) is 22.4 Å². The fourth-order valence-electron chi connectivity index (χ4n) is 4.75. The molecular formula is C29H30FNO5. The summed E-state index contributed by atoms with van der Waals surface area (Å²) in [5.41, 5.74) is 5.19. The minimum Gasteiger partial charge on any atom is -0.493 e. The molecule has 1 aliphatic heterocycles. The number of benzene rings is 3. The second kappa shape index (κ2) is 9.93. The SMILES string of the molecule is COc1ccc(-c2ccc3c(c2COC(=O)c2cccc(F)c2)C(C)=CC(C)(C)N3)c(OC)c1OC. The van der Waals surface area contributed by atoms with Gasteiger partial charge in [-0.05, 0) is 68.3 Å². The van der Waals surface area contributed by atoms with E-state index in [0.717, 1.165) is 39.6 Å². The predicted octanol–water partition coefficient (Wildman–Crippen LogP) is 6.48. The summed E-state index contributed by atoms with van der Waals surface area (Å²) in [6.07, 6.45) is 2.14. The average molecular weight is 492 g/mol. The zero-order valence-electron chi connectivity index (χ0n) is 21.3. The monoisotopic (exact) mass is 491 g/mol. The summed E-state index contributed by atoms with van der Waals surface area (Å²) in [5.74, 6) is 0.393. The highest BCUT2D eigenvalue weighted by Gasteiger charge is 2.28. The van der Waals surface area contributed by atoms with E-state index in [4.69, 9.17) is 18.9 Å². The van der Waals surface area contributed by atoms with Gasteiger partial charge in [0.05, 0.1) is 32.4 Å². The number of methoxy groups -OCH3 is 3. The Kier molecular flexibility index (Phi) is 6.93. The number of allylic oxidation sites excluding steroid dienone is 1. The number of ether oxygens (including phenoxy) is 4. The van der Waals surface area contributed by atoms with Crippen molar-refractivity contribution in [1.29, 1.82) is 0 Å². The molecule has 0 aromatic heterocycles. The maximum absolute atomic E-state index is 13.7. The molecule has 1 aliphatic rings. The first-order valence-electron chi connectivity index (χ1n) is 11.5. The van der Waals surface area contributed by atoms with Gasteiger partial charge in [0.25, 0.3) is 0 Å². The van der Waals surface area contributed by atoms with E-state index < -0.39 is 11.8 Å². The summed E-state index contributed by atoms with van der Waals surface area (Å²) in [5, 5.41) is 3.54. The van der Waals surface area contributed by atoms with Crippen molar-refractivity contribution in [3.8, 4) is 28.4 Å². The minimum atomic E-state index is -0.608. The van der Waals surface area contributed by atoms with Gasteiger partial charge < -0.3 is 24.3 Å². The standard InChI is InChI=1S/C29H30FNO5/c1-17-15-29(2,3)31-23-12-10-20(21-11-13-24(33-4)27(35-6)26(21)34-5)22(25(17)23)16-36-28(32)18-8-7-9-19(30)14-18/h7-15,31H,16H2,1-6H3. The number of esters is 1. The summed E-state index contributed by atoms with van der Waals surface area (Å²) < 4.78 is 36.2. The van der Waals surface area contributed by atoms with E-state index in [0.29, 0.717) is 17.2 Å². The smallest absolute Gasteiger partial charge is 0.338 e. The van der Waals surface area contributed by atoms with Gasteiger partial charge in [0.1, 0.15) is 12.4 Å². The zero-order valence-corrected chi connectivity index (χ0v) is 21.3. The molecule has 3 aromatic rings. The third kappa shape index (κ3) is 4.73. The van der Waals surface area contributed by atoms with Crippen molar-refractivity contribution in [3.63, 3.8) is 0 Å². The Morgan fingerprint density at radius 3 is 2.33 bits per heavy atom. The molecule has 0 bridgehead atoms. The first-order valence-corrected chi connectivity index (χ1v) is 11.5. The topological polar surface area (TPSA) is 66.0 Å². The van der Waals surface area contributed by atoms with Gasteiger partial charge in [-0.2, -0.15) is 0 Å². The van der Waals surface area contributed by atoms with Gasteiger partial charge in [0.15, 0.2) is 11.5 Å². The maximum Gasteiger partial charge on any atom is 0.338 e. The number of halogens is 1. The van der Waals surface area contributed by atoms with Gasteiger partial charge in [-0.25, -0.2) is 9.18 Å². The lowest BCUT2D eigenvalue weighted by atomic mass is 9.85. The minimum absolute atomic E-state index is 0.0291. The molecule has 1 N–H and O–H groups in total. The lowest BCUT2D eigenvalue weighted by molar-refractivity contribution is 0.0472. The van der Waals surface area contributed by atoms with E-state index in [-0.39, 0.29) is 17.7 Å². The molecule has 0 spiro atoms. The van der Waals surface area contributed by atoms with Crippen LogP contribution in [0.3, 0.4) is 0 Å². The molecule has 36 heavy (non-hydrogen) atoms. The Labute approximate surface area is 210 Å². The van der Waals surface area contributed by atoms with Crippen molar-refractivity contribution < 1.29 is 28.1 Å². The summed E-state index contributed by atoms with van der Waals surface area (Å²) in [4.78, 5) is 12.8. The molecule has 3 aromatic carbocycles. The molecule has 0 saturated carbocycles. The fraction of sp³-hybridized carbons (Fsp3) is 0.276. The quantitative estimate of drug-likeness (QED) is 0.382. The van der Waals surface area contributed by atoms with Gasteiger partial charge in [-0.3, -0.25) is 0 Å². The highest BCUT2D eigenvalue weighted by Crippen LogP contribution is 2.48. The number of carbonyl (C=O) groups is 1. The molecule has 0 aliphatic carbocycles. The highest BCUT2D eigenvalue weighted by molar-refractivity contribution is 5.91.